The molecule has 7 heteroatoms. The number of ether oxygens (including phenoxy) is 2. The van der Waals surface area contributed by atoms with E-state index in [0.717, 1.165) is 16.6 Å². The first-order valence-corrected chi connectivity index (χ1v) is 11.0. The molecule has 0 spiro atoms. The molecule has 0 saturated carbocycles. The van der Waals surface area contributed by atoms with Gasteiger partial charge in [-0.25, -0.2) is 13.8 Å². The summed E-state index contributed by atoms with van der Waals surface area (Å²) in [4.78, 5) is 18.2. The fourth-order valence-electron chi connectivity index (χ4n) is 3.54. The van der Waals surface area contributed by atoms with Gasteiger partial charge in [0.1, 0.15) is 12.4 Å². The second-order valence-corrected chi connectivity index (χ2v) is 8.16. The lowest BCUT2D eigenvalue weighted by Crippen LogP contribution is -2.22. The number of para-hydroxylation sites is 2. The van der Waals surface area contributed by atoms with Crippen molar-refractivity contribution in [2.24, 2.45) is 0 Å². The number of halogens is 1. The molecule has 0 radical (unpaired) electrons. The second-order valence-electron chi connectivity index (χ2n) is 7.15. The monoisotopic (exact) mass is 446 g/mol. The lowest BCUT2D eigenvalue weighted by Gasteiger charge is -2.13. The van der Waals surface area contributed by atoms with Gasteiger partial charge in [-0.2, -0.15) is 0 Å². The first-order valence-electron chi connectivity index (χ1n) is 10.2. The highest BCUT2D eigenvalue weighted by molar-refractivity contribution is 7.15. The Morgan fingerprint density at radius 1 is 1.03 bits per heavy atom. The largest absolute Gasteiger partial charge is 0.490 e. The summed E-state index contributed by atoms with van der Waals surface area (Å²) in [5.41, 5.74) is 2.78. The average Bonchev–Trinajstić information content (AvgIpc) is 3.30. The van der Waals surface area contributed by atoms with E-state index in [2.05, 4.69) is 4.98 Å². The van der Waals surface area contributed by atoms with Crippen molar-refractivity contribution in [2.75, 3.05) is 6.61 Å². The number of thiazole rings is 1. The minimum absolute atomic E-state index is 0.0930. The highest BCUT2D eigenvalue weighted by atomic mass is 32.1. The highest BCUT2D eigenvalue weighted by Crippen LogP contribution is 2.30. The molecule has 0 unspecified atom stereocenters. The smallest absolute Gasteiger partial charge is 0.274 e. The summed E-state index contributed by atoms with van der Waals surface area (Å²) in [7, 11) is 0. The number of hydrogen-bond donors (Lipinski definition) is 0. The van der Waals surface area contributed by atoms with Crippen molar-refractivity contribution < 1.29 is 13.9 Å². The molecule has 5 rings (SSSR count). The van der Waals surface area contributed by atoms with Crippen LogP contribution in [-0.2, 0) is 6.61 Å². The molecule has 0 amide bonds. The van der Waals surface area contributed by atoms with Crippen LogP contribution in [0.15, 0.2) is 71.5 Å². The van der Waals surface area contributed by atoms with Gasteiger partial charge in [0.05, 0.1) is 22.2 Å². The van der Waals surface area contributed by atoms with Crippen molar-refractivity contribution in [3.05, 3.63) is 98.6 Å². The summed E-state index contributed by atoms with van der Waals surface area (Å²) in [6, 6.07) is 19.5. The average molecular weight is 447 g/mol. The molecule has 0 bridgehead atoms. The molecular weight excluding hydrogens is 427 g/mol. The molecule has 5 aromatic rings. The van der Waals surface area contributed by atoms with Gasteiger partial charge in [-0.15, -0.1) is 0 Å². The Labute approximate surface area is 187 Å². The number of nitrogens with zero attached hydrogens (tertiary/aromatic N) is 2. The van der Waals surface area contributed by atoms with Crippen molar-refractivity contribution >= 4 is 33.4 Å². The summed E-state index contributed by atoms with van der Waals surface area (Å²) >= 11 is 1.35. The fourth-order valence-corrected chi connectivity index (χ4v) is 4.52. The zero-order valence-corrected chi connectivity index (χ0v) is 18.1. The summed E-state index contributed by atoms with van der Waals surface area (Å²) in [6.07, 6.45) is 1.82. The van der Waals surface area contributed by atoms with Crippen molar-refractivity contribution in [2.45, 2.75) is 13.5 Å². The molecule has 3 aromatic carbocycles. The molecule has 0 aliphatic carbocycles. The number of benzene rings is 3. The van der Waals surface area contributed by atoms with Crippen LogP contribution in [0.25, 0.3) is 22.1 Å². The van der Waals surface area contributed by atoms with E-state index in [9.17, 15) is 9.18 Å². The van der Waals surface area contributed by atoms with Crippen LogP contribution in [0.4, 0.5) is 4.39 Å². The first kappa shape index (κ1) is 20.2. The highest BCUT2D eigenvalue weighted by Gasteiger charge is 2.12. The van der Waals surface area contributed by atoms with Gasteiger partial charge >= 0.3 is 0 Å². The fraction of sp³-hybridized carbons (Fsp3) is 0.120. The maximum absolute atomic E-state index is 13.9. The Kier molecular flexibility index (Phi) is 5.33. The zero-order chi connectivity index (χ0) is 22.1. The molecule has 2 heterocycles. The summed E-state index contributed by atoms with van der Waals surface area (Å²) in [5, 5.41) is 0. The number of imidazole rings is 1. The Morgan fingerprint density at radius 2 is 1.84 bits per heavy atom. The quantitative estimate of drug-likeness (QED) is 0.383. The van der Waals surface area contributed by atoms with Crippen LogP contribution in [0.5, 0.6) is 11.5 Å². The Balaban J connectivity index is 1.49. The van der Waals surface area contributed by atoms with Gasteiger partial charge in [0.15, 0.2) is 16.5 Å². The summed E-state index contributed by atoms with van der Waals surface area (Å²) < 4.78 is 27.7. The zero-order valence-electron chi connectivity index (χ0n) is 17.2. The van der Waals surface area contributed by atoms with Gasteiger partial charge in [0.2, 0.25) is 0 Å². The van der Waals surface area contributed by atoms with E-state index < -0.39 is 0 Å². The van der Waals surface area contributed by atoms with Gasteiger partial charge in [-0.05, 0) is 48.9 Å². The molecule has 0 N–H and O–H groups in total. The Morgan fingerprint density at radius 3 is 2.69 bits per heavy atom. The van der Waals surface area contributed by atoms with E-state index in [1.54, 1.807) is 28.7 Å². The second kappa shape index (κ2) is 8.43. The molecule has 0 aliphatic rings. The molecule has 0 aliphatic heterocycles. The first-order chi connectivity index (χ1) is 15.6. The van der Waals surface area contributed by atoms with E-state index in [1.807, 2.05) is 49.4 Å². The van der Waals surface area contributed by atoms with Crippen LogP contribution in [-0.4, -0.2) is 16.0 Å². The topological polar surface area (TPSA) is 52.8 Å². The van der Waals surface area contributed by atoms with Crippen LogP contribution in [0.2, 0.25) is 0 Å². The van der Waals surface area contributed by atoms with Gasteiger partial charge in [0, 0.05) is 5.56 Å². The van der Waals surface area contributed by atoms with Crippen molar-refractivity contribution in [1.82, 2.24) is 9.38 Å². The third-order valence-electron chi connectivity index (χ3n) is 5.05. The normalized spacial score (nSPS) is 12.0. The predicted octanol–water partition coefficient (Wildman–Crippen LogP) is 4.57. The minimum Gasteiger partial charge on any atom is -0.490 e. The standard InChI is InChI=1S/C25H19FN2O3S/c1-2-30-22-13-16(11-12-21(22)31-15-17-7-3-4-8-18(17)26)14-23-24(29)28-20-10-6-5-9-19(20)27-25(28)32-23/h3-14H,2,15H2,1H3/b23-14-. The van der Waals surface area contributed by atoms with E-state index >= 15 is 0 Å². The summed E-state index contributed by atoms with van der Waals surface area (Å²) in [6.45, 7) is 2.42. The van der Waals surface area contributed by atoms with Crippen molar-refractivity contribution in [3.63, 3.8) is 0 Å². The number of fused-ring (bicyclic) bond motifs is 3. The third kappa shape index (κ3) is 3.71. The van der Waals surface area contributed by atoms with E-state index in [1.165, 1.54) is 17.4 Å². The summed E-state index contributed by atoms with van der Waals surface area (Å²) in [5.74, 6) is 0.743. The lowest BCUT2D eigenvalue weighted by molar-refractivity contribution is 0.266. The SMILES string of the molecule is CCOc1cc(/C=c2\sc3nc4ccccc4n3c2=O)ccc1OCc1ccccc1F. The Hall–Kier alpha value is -3.71. The Bertz CT molecular complexity index is 1540. The predicted molar refractivity (Wildman–Crippen MR) is 124 cm³/mol. The molecule has 0 atom stereocenters. The molecular formula is C25H19FN2O3S. The van der Waals surface area contributed by atoms with Gasteiger partial charge in [-0.3, -0.25) is 4.79 Å². The maximum atomic E-state index is 13.9. The molecule has 32 heavy (non-hydrogen) atoms. The maximum Gasteiger partial charge on any atom is 0.274 e. The molecule has 160 valence electrons. The van der Waals surface area contributed by atoms with Crippen molar-refractivity contribution in [3.8, 4) is 11.5 Å². The van der Waals surface area contributed by atoms with E-state index in [4.69, 9.17) is 9.47 Å². The molecule has 0 saturated heterocycles. The van der Waals surface area contributed by atoms with Crippen LogP contribution < -0.4 is 19.6 Å². The van der Waals surface area contributed by atoms with Crippen molar-refractivity contribution in [1.29, 1.82) is 0 Å². The lowest BCUT2D eigenvalue weighted by atomic mass is 10.2. The molecule has 2 aromatic heterocycles. The van der Waals surface area contributed by atoms with Gasteiger partial charge in [-0.1, -0.05) is 47.7 Å². The number of rotatable bonds is 6. The molecule has 5 nitrogen and oxygen atoms in total. The van der Waals surface area contributed by atoms with Crippen LogP contribution in [0.3, 0.4) is 0 Å². The number of hydrogen-bond acceptors (Lipinski definition) is 5. The van der Waals surface area contributed by atoms with E-state index in [-0.39, 0.29) is 18.0 Å². The molecule has 0 fully saturated rings. The minimum atomic E-state index is -0.311. The van der Waals surface area contributed by atoms with Crippen LogP contribution in [0.1, 0.15) is 18.1 Å². The van der Waals surface area contributed by atoms with Gasteiger partial charge < -0.3 is 9.47 Å². The number of aromatic nitrogens is 2. The van der Waals surface area contributed by atoms with Gasteiger partial charge in [0.25, 0.3) is 5.56 Å². The van der Waals surface area contributed by atoms with Crippen LogP contribution >= 0.6 is 11.3 Å². The van der Waals surface area contributed by atoms with E-state index in [0.29, 0.717) is 33.2 Å². The van der Waals surface area contributed by atoms with Crippen LogP contribution in [0, 0.1) is 5.82 Å². The third-order valence-corrected chi connectivity index (χ3v) is 6.02.